The van der Waals surface area contributed by atoms with E-state index >= 15 is 0 Å². The number of hydrogen-bond acceptors (Lipinski definition) is 4. The number of carbonyl (C=O) groups is 2. The van der Waals surface area contributed by atoms with Crippen LogP contribution in [0, 0.1) is 17.3 Å². The molecule has 0 amide bonds. The minimum Gasteiger partial charge on any atom is -0.469 e. The summed E-state index contributed by atoms with van der Waals surface area (Å²) >= 11 is 0. The number of methoxy groups -OCH3 is 1. The first-order chi connectivity index (χ1) is 7.45. The number of rotatable bonds is 5. The minimum absolute atomic E-state index is 0.0979. The average molecular weight is 228 g/mol. The van der Waals surface area contributed by atoms with Gasteiger partial charge in [-0.25, -0.2) is 0 Å². The van der Waals surface area contributed by atoms with E-state index in [2.05, 4.69) is 0 Å². The minimum atomic E-state index is -0.207. The van der Waals surface area contributed by atoms with Crippen molar-refractivity contribution in [1.29, 1.82) is 0 Å². The Balaban J connectivity index is 2.39. The standard InChI is InChI=1S/C12H20O4/c1-5-6-9(13)16-7-8-10(11(14)15-4)12(8,2)3/h8,10H,5-7H2,1-4H3. The Morgan fingerprint density at radius 1 is 1.31 bits per heavy atom. The molecule has 4 heteroatoms. The molecule has 4 nitrogen and oxygen atoms in total. The lowest BCUT2D eigenvalue weighted by Crippen LogP contribution is -2.10. The first kappa shape index (κ1) is 13.0. The SMILES string of the molecule is CCCC(=O)OCC1C(C(=O)OC)C1(C)C. The van der Waals surface area contributed by atoms with Gasteiger partial charge >= 0.3 is 11.9 Å². The Morgan fingerprint density at radius 3 is 2.44 bits per heavy atom. The van der Waals surface area contributed by atoms with E-state index in [1.54, 1.807) is 0 Å². The van der Waals surface area contributed by atoms with Crippen LogP contribution in [0.3, 0.4) is 0 Å². The van der Waals surface area contributed by atoms with Crippen LogP contribution in [0.2, 0.25) is 0 Å². The van der Waals surface area contributed by atoms with Crippen LogP contribution in [0.25, 0.3) is 0 Å². The van der Waals surface area contributed by atoms with Crippen molar-refractivity contribution in [3.63, 3.8) is 0 Å². The maximum atomic E-state index is 11.4. The number of hydrogen-bond donors (Lipinski definition) is 0. The van der Waals surface area contributed by atoms with Gasteiger partial charge < -0.3 is 9.47 Å². The molecule has 0 aromatic rings. The van der Waals surface area contributed by atoms with E-state index in [0.29, 0.717) is 13.0 Å². The predicted octanol–water partition coefficient (Wildman–Crippen LogP) is 1.77. The maximum Gasteiger partial charge on any atom is 0.309 e. The fraction of sp³-hybridized carbons (Fsp3) is 0.833. The summed E-state index contributed by atoms with van der Waals surface area (Å²) in [5.41, 5.74) is -0.112. The molecule has 0 bridgehead atoms. The van der Waals surface area contributed by atoms with Crippen LogP contribution >= 0.6 is 0 Å². The summed E-state index contributed by atoms with van der Waals surface area (Å²) in [6, 6.07) is 0. The number of carbonyl (C=O) groups excluding carboxylic acids is 2. The van der Waals surface area contributed by atoms with Gasteiger partial charge in [0.15, 0.2) is 0 Å². The van der Waals surface area contributed by atoms with Crippen LogP contribution in [-0.2, 0) is 19.1 Å². The fourth-order valence-corrected chi connectivity index (χ4v) is 2.11. The molecule has 1 saturated carbocycles. The molecule has 2 unspecified atom stereocenters. The van der Waals surface area contributed by atoms with E-state index in [4.69, 9.17) is 9.47 Å². The van der Waals surface area contributed by atoms with E-state index in [-0.39, 0.29) is 29.2 Å². The van der Waals surface area contributed by atoms with Gasteiger partial charge in [0.25, 0.3) is 0 Å². The number of ether oxygens (including phenoxy) is 2. The van der Waals surface area contributed by atoms with Crippen LogP contribution in [0.5, 0.6) is 0 Å². The summed E-state index contributed by atoms with van der Waals surface area (Å²) in [6.45, 7) is 6.24. The first-order valence-corrected chi connectivity index (χ1v) is 5.68. The third-order valence-electron chi connectivity index (χ3n) is 3.38. The van der Waals surface area contributed by atoms with Crippen LogP contribution in [0.4, 0.5) is 0 Å². The molecule has 0 N–H and O–H groups in total. The Hall–Kier alpha value is -1.06. The quantitative estimate of drug-likeness (QED) is 0.673. The highest BCUT2D eigenvalue weighted by molar-refractivity contribution is 5.77. The molecule has 0 heterocycles. The summed E-state index contributed by atoms with van der Waals surface area (Å²) in [7, 11) is 1.39. The Kier molecular flexibility index (Phi) is 3.94. The Labute approximate surface area is 96.3 Å². The molecular formula is C12H20O4. The van der Waals surface area contributed by atoms with Crippen molar-refractivity contribution in [3.05, 3.63) is 0 Å². The second kappa shape index (κ2) is 4.85. The van der Waals surface area contributed by atoms with Crippen LogP contribution in [0.15, 0.2) is 0 Å². The van der Waals surface area contributed by atoms with E-state index in [9.17, 15) is 9.59 Å². The van der Waals surface area contributed by atoms with Gasteiger partial charge in [0, 0.05) is 12.3 Å². The molecule has 2 atom stereocenters. The fourth-order valence-electron chi connectivity index (χ4n) is 2.11. The van der Waals surface area contributed by atoms with Gasteiger partial charge in [-0.2, -0.15) is 0 Å². The average Bonchev–Trinajstić information content (AvgIpc) is 2.77. The zero-order valence-corrected chi connectivity index (χ0v) is 10.4. The highest BCUT2D eigenvalue weighted by Crippen LogP contribution is 2.58. The topological polar surface area (TPSA) is 52.6 Å². The highest BCUT2D eigenvalue weighted by Gasteiger charge is 2.62. The van der Waals surface area contributed by atoms with Crippen molar-refractivity contribution in [2.75, 3.05) is 13.7 Å². The van der Waals surface area contributed by atoms with Crippen LogP contribution < -0.4 is 0 Å². The second-order valence-corrected chi connectivity index (χ2v) is 4.86. The maximum absolute atomic E-state index is 11.4. The van der Waals surface area contributed by atoms with Gasteiger partial charge in [0.05, 0.1) is 19.6 Å². The van der Waals surface area contributed by atoms with E-state index < -0.39 is 0 Å². The van der Waals surface area contributed by atoms with E-state index in [1.807, 2.05) is 20.8 Å². The normalized spacial score (nSPS) is 26.0. The molecular weight excluding hydrogens is 208 g/mol. The summed E-state index contributed by atoms with van der Waals surface area (Å²) in [5.74, 6) is -0.428. The third kappa shape index (κ3) is 2.54. The molecule has 0 aromatic carbocycles. The molecule has 1 aliphatic rings. The molecule has 1 fully saturated rings. The van der Waals surface area contributed by atoms with Crippen molar-refractivity contribution >= 4 is 11.9 Å². The molecule has 92 valence electrons. The molecule has 1 aliphatic carbocycles. The van der Waals surface area contributed by atoms with Crippen LogP contribution in [-0.4, -0.2) is 25.7 Å². The van der Waals surface area contributed by atoms with Gasteiger partial charge in [-0.1, -0.05) is 20.8 Å². The van der Waals surface area contributed by atoms with Gasteiger partial charge in [-0.15, -0.1) is 0 Å². The largest absolute Gasteiger partial charge is 0.469 e. The van der Waals surface area contributed by atoms with Gasteiger partial charge in [0.2, 0.25) is 0 Å². The molecule has 0 saturated heterocycles. The Morgan fingerprint density at radius 2 is 1.94 bits per heavy atom. The lowest BCUT2D eigenvalue weighted by atomic mass is 10.1. The summed E-state index contributed by atoms with van der Waals surface area (Å²) in [6.07, 6.45) is 1.23. The number of esters is 2. The molecule has 16 heavy (non-hydrogen) atoms. The summed E-state index contributed by atoms with van der Waals surface area (Å²) in [4.78, 5) is 22.6. The smallest absolute Gasteiger partial charge is 0.309 e. The lowest BCUT2D eigenvalue weighted by Gasteiger charge is -2.04. The predicted molar refractivity (Wildman–Crippen MR) is 58.6 cm³/mol. The van der Waals surface area contributed by atoms with Gasteiger partial charge in [-0.05, 0) is 11.8 Å². The monoisotopic (exact) mass is 228 g/mol. The molecule has 0 radical (unpaired) electrons. The molecule has 1 rings (SSSR count). The van der Waals surface area contributed by atoms with Gasteiger partial charge in [0.1, 0.15) is 0 Å². The molecule has 0 aliphatic heterocycles. The lowest BCUT2D eigenvalue weighted by molar-refractivity contribution is -0.147. The highest BCUT2D eigenvalue weighted by atomic mass is 16.5. The second-order valence-electron chi connectivity index (χ2n) is 4.86. The first-order valence-electron chi connectivity index (χ1n) is 5.68. The van der Waals surface area contributed by atoms with Crippen molar-refractivity contribution in [2.45, 2.75) is 33.6 Å². The van der Waals surface area contributed by atoms with Crippen molar-refractivity contribution in [1.82, 2.24) is 0 Å². The molecule has 0 spiro atoms. The van der Waals surface area contributed by atoms with Crippen molar-refractivity contribution in [3.8, 4) is 0 Å². The zero-order valence-electron chi connectivity index (χ0n) is 10.4. The van der Waals surface area contributed by atoms with Gasteiger partial charge in [-0.3, -0.25) is 9.59 Å². The summed E-state index contributed by atoms with van der Waals surface area (Å²) < 4.78 is 9.84. The van der Waals surface area contributed by atoms with Crippen molar-refractivity contribution < 1.29 is 19.1 Å². The van der Waals surface area contributed by atoms with E-state index in [1.165, 1.54) is 7.11 Å². The Bertz CT molecular complexity index is 283. The van der Waals surface area contributed by atoms with Crippen LogP contribution in [0.1, 0.15) is 33.6 Å². The molecule has 0 aromatic heterocycles. The third-order valence-corrected chi connectivity index (χ3v) is 3.38. The summed E-state index contributed by atoms with van der Waals surface area (Å²) in [5, 5.41) is 0. The zero-order chi connectivity index (χ0) is 12.3. The van der Waals surface area contributed by atoms with E-state index in [0.717, 1.165) is 6.42 Å². The van der Waals surface area contributed by atoms with Crippen molar-refractivity contribution in [2.24, 2.45) is 17.3 Å².